The largest absolute Gasteiger partial charge is 0.338 e. The number of thioether (sulfide) groups is 1. The van der Waals surface area contributed by atoms with Gasteiger partial charge in [0, 0.05) is 6.54 Å². The summed E-state index contributed by atoms with van der Waals surface area (Å²) in [5.41, 5.74) is 0.0325. The monoisotopic (exact) mass is 296 g/mol. The normalized spacial score (nSPS) is 18.4. The van der Waals surface area contributed by atoms with Crippen molar-refractivity contribution in [2.24, 2.45) is 11.3 Å². The molecule has 0 bridgehead atoms. The van der Waals surface area contributed by atoms with Gasteiger partial charge in [-0.1, -0.05) is 57.7 Å². The number of nitrogens with one attached hydrogen (secondary N) is 2. The van der Waals surface area contributed by atoms with Gasteiger partial charge in [0.15, 0.2) is 0 Å². The zero-order chi connectivity index (χ0) is 15.2. The van der Waals surface area contributed by atoms with Crippen molar-refractivity contribution in [2.75, 3.05) is 13.1 Å². The van der Waals surface area contributed by atoms with Crippen LogP contribution in [-0.4, -0.2) is 24.2 Å². The van der Waals surface area contributed by atoms with E-state index in [1.807, 2.05) is 32.9 Å². The number of carbonyl (C=O) groups is 2. The number of hydrogen-bond acceptors (Lipinski definition) is 3. The van der Waals surface area contributed by atoms with Gasteiger partial charge in [0.2, 0.25) is 5.12 Å². The van der Waals surface area contributed by atoms with E-state index in [4.69, 9.17) is 0 Å². The summed E-state index contributed by atoms with van der Waals surface area (Å²) in [6.45, 7) is 8.84. The van der Waals surface area contributed by atoms with E-state index in [0.717, 1.165) is 11.3 Å². The molecule has 2 N–H and O–H groups in total. The average molecular weight is 296 g/mol. The molecule has 1 aliphatic carbocycles. The molecule has 0 aliphatic heterocycles. The Kier molecular flexibility index (Phi) is 6.33. The van der Waals surface area contributed by atoms with Crippen LogP contribution in [0.15, 0.2) is 23.1 Å². The molecule has 1 aliphatic rings. The Morgan fingerprint density at radius 3 is 2.65 bits per heavy atom. The average Bonchev–Trinajstić information content (AvgIpc) is 2.36. The minimum absolute atomic E-state index is 0.0325. The molecule has 0 aromatic carbocycles. The fourth-order valence-corrected chi connectivity index (χ4v) is 2.44. The zero-order valence-corrected chi connectivity index (χ0v) is 13.5. The predicted octanol–water partition coefficient (Wildman–Crippen LogP) is 3.07. The van der Waals surface area contributed by atoms with Gasteiger partial charge in [-0.15, -0.1) is 0 Å². The van der Waals surface area contributed by atoms with Crippen molar-refractivity contribution in [1.82, 2.24) is 10.6 Å². The van der Waals surface area contributed by atoms with Gasteiger partial charge in [0.25, 0.3) is 0 Å². The quantitative estimate of drug-likeness (QED) is 0.838. The highest BCUT2D eigenvalue weighted by Crippen LogP contribution is 2.30. The van der Waals surface area contributed by atoms with E-state index in [-0.39, 0.29) is 23.1 Å². The highest BCUT2D eigenvalue weighted by Gasteiger charge is 2.16. The van der Waals surface area contributed by atoms with Crippen molar-refractivity contribution in [3.63, 3.8) is 0 Å². The van der Waals surface area contributed by atoms with Crippen LogP contribution in [0.25, 0.3) is 0 Å². The summed E-state index contributed by atoms with van der Waals surface area (Å²) in [4.78, 5) is 24.4. The Hall–Kier alpha value is -1.23. The van der Waals surface area contributed by atoms with Crippen LogP contribution in [0.2, 0.25) is 0 Å². The first-order valence-electron chi connectivity index (χ1n) is 6.87. The number of rotatable bonds is 4. The molecule has 0 aromatic heterocycles. The van der Waals surface area contributed by atoms with Crippen LogP contribution >= 0.6 is 11.8 Å². The van der Waals surface area contributed by atoms with E-state index in [0.29, 0.717) is 12.5 Å². The van der Waals surface area contributed by atoms with Crippen LogP contribution < -0.4 is 10.6 Å². The minimum atomic E-state index is -0.292. The number of amides is 2. The predicted molar refractivity (Wildman–Crippen MR) is 84.5 cm³/mol. The fourth-order valence-electron chi connectivity index (χ4n) is 1.59. The number of allylic oxidation sites excluding steroid dienone is 4. The molecule has 0 spiro atoms. The van der Waals surface area contributed by atoms with E-state index in [9.17, 15) is 9.59 Å². The van der Waals surface area contributed by atoms with Crippen LogP contribution in [-0.2, 0) is 4.79 Å². The summed E-state index contributed by atoms with van der Waals surface area (Å²) >= 11 is 1.22. The van der Waals surface area contributed by atoms with Crippen molar-refractivity contribution >= 4 is 22.9 Å². The molecule has 4 nitrogen and oxygen atoms in total. The molecule has 2 amide bonds. The fraction of sp³-hybridized carbons (Fsp3) is 0.600. The SMILES string of the molecule is CC1CC=CC=C1SC(=O)CNC(=O)NCC(C)(C)C. The second kappa shape index (κ2) is 7.53. The van der Waals surface area contributed by atoms with Gasteiger partial charge in [0.1, 0.15) is 0 Å². The van der Waals surface area contributed by atoms with Crippen molar-refractivity contribution in [1.29, 1.82) is 0 Å². The van der Waals surface area contributed by atoms with Gasteiger partial charge in [-0.2, -0.15) is 0 Å². The van der Waals surface area contributed by atoms with Crippen LogP contribution in [0, 0.1) is 11.3 Å². The number of hydrogen-bond donors (Lipinski definition) is 2. The van der Waals surface area contributed by atoms with Gasteiger partial charge in [-0.25, -0.2) is 4.79 Å². The van der Waals surface area contributed by atoms with Crippen LogP contribution in [0.5, 0.6) is 0 Å². The lowest BCUT2D eigenvalue weighted by Crippen LogP contribution is -2.41. The van der Waals surface area contributed by atoms with Gasteiger partial charge in [-0.3, -0.25) is 4.79 Å². The van der Waals surface area contributed by atoms with E-state index in [2.05, 4.69) is 23.6 Å². The van der Waals surface area contributed by atoms with E-state index < -0.39 is 0 Å². The number of carbonyl (C=O) groups excluding carboxylic acids is 2. The lowest BCUT2D eigenvalue weighted by Gasteiger charge is -2.19. The summed E-state index contributed by atoms with van der Waals surface area (Å²) < 4.78 is 0. The molecular formula is C15H24N2O2S. The Labute approximate surface area is 125 Å². The maximum atomic E-state index is 11.8. The molecule has 1 atom stereocenters. The standard InChI is InChI=1S/C15H24N2O2S/c1-11-7-5-6-8-12(11)20-13(18)9-16-14(19)17-10-15(2,3)4/h5-6,8,11H,7,9-10H2,1-4H3,(H2,16,17,19). The summed E-state index contributed by atoms with van der Waals surface area (Å²) in [6, 6.07) is -0.292. The Morgan fingerprint density at radius 2 is 2.05 bits per heavy atom. The van der Waals surface area contributed by atoms with Gasteiger partial charge in [0.05, 0.1) is 6.54 Å². The molecule has 0 fully saturated rings. The molecule has 0 radical (unpaired) electrons. The smallest absolute Gasteiger partial charge is 0.315 e. The molecule has 5 heteroatoms. The highest BCUT2D eigenvalue weighted by molar-refractivity contribution is 8.17. The Morgan fingerprint density at radius 1 is 1.35 bits per heavy atom. The summed E-state index contributed by atoms with van der Waals surface area (Å²) in [5.74, 6) is 0.378. The van der Waals surface area contributed by atoms with Crippen LogP contribution in [0.3, 0.4) is 0 Å². The first-order valence-corrected chi connectivity index (χ1v) is 7.69. The third-order valence-electron chi connectivity index (χ3n) is 2.78. The second-order valence-corrected chi connectivity index (χ2v) is 7.34. The van der Waals surface area contributed by atoms with E-state index in [1.54, 1.807) is 0 Å². The minimum Gasteiger partial charge on any atom is -0.338 e. The summed E-state index contributed by atoms with van der Waals surface area (Å²) in [7, 11) is 0. The number of urea groups is 1. The maximum Gasteiger partial charge on any atom is 0.315 e. The van der Waals surface area contributed by atoms with E-state index >= 15 is 0 Å². The molecule has 1 rings (SSSR count). The lowest BCUT2D eigenvalue weighted by atomic mass is 9.97. The third-order valence-corrected chi connectivity index (χ3v) is 3.92. The lowest BCUT2D eigenvalue weighted by molar-refractivity contribution is -0.110. The third kappa shape index (κ3) is 6.80. The van der Waals surface area contributed by atoms with Crippen molar-refractivity contribution in [3.8, 4) is 0 Å². The molecule has 0 saturated heterocycles. The van der Waals surface area contributed by atoms with Crippen molar-refractivity contribution in [2.45, 2.75) is 34.1 Å². The Balaban J connectivity index is 2.28. The molecule has 0 saturated carbocycles. The van der Waals surface area contributed by atoms with Crippen molar-refractivity contribution in [3.05, 3.63) is 23.1 Å². The van der Waals surface area contributed by atoms with Crippen molar-refractivity contribution < 1.29 is 9.59 Å². The first-order chi connectivity index (χ1) is 9.28. The van der Waals surface area contributed by atoms with E-state index in [1.165, 1.54) is 11.8 Å². The van der Waals surface area contributed by atoms with Crippen LogP contribution in [0.1, 0.15) is 34.1 Å². The summed E-state index contributed by atoms with van der Waals surface area (Å²) in [5, 5.41) is 5.31. The molecular weight excluding hydrogens is 272 g/mol. The highest BCUT2D eigenvalue weighted by atomic mass is 32.2. The topological polar surface area (TPSA) is 58.2 Å². The van der Waals surface area contributed by atoms with Gasteiger partial charge < -0.3 is 10.6 Å². The van der Waals surface area contributed by atoms with Gasteiger partial charge >= 0.3 is 6.03 Å². The molecule has 1 unspecified atom stereocenters. The summed E-state index contributed by atoms with van der Waals surface area (Å²) in [6.07, 6.45) is 7.00. The second-order valence-electron chi connectivity index (χ2n) is 6.20. The molecule has 0 aromatic rings. The van der Waals surface area contributed by atoms with Gasteiger partial charge in [-0.05, 0) is 22.7 Å². The Bertz CT molecular complexity index is 422. The molecule has 20 heavy (non-hydrogen) atoms. The zero-order valence-electron chi connectivity index (χ0n) is 12.7. The maximum absolute atomic E-state index is 11.8. The molecule has 112 valence electrons. The molecule has 0 heterocycles. The first kappa shape index (κ1) is 16.8. The van der Waals surface area contributed by atoms with Crippen LogP contribution in [0.4, 0.5) is 4.79 Å².